The van der Waals surface area contributed by atoms with Crippen molar-refractivity contribution < 1.29 is 9.53 Å². The fourth-order valence-electron chi connectivity index (χ4n) is 1.95. The molecular formula is C15H19NO2. The smallest absolute Gasteiger partial charge is 0.244 e. The van der Waals surface area contributed by atoms with Gasteiger partial charge in [-0.2, -0.15) is 0 Å². The second-order valence-corrected chi connectivity index (χ2v) is 4.79. The molecule has 3 heteroatoms. The topological polar surface area (TPSA) is 38.3 Å². The molecule has 3 nitrogen and oxygen atoms in total. The Bertz CT molecular complexity index is 464. The minimum Gasteiger partial charge on any atom is -0.497 e. The fraction of sp³-hybridized carbons (Fsp3) is 0.400. The monoisotopic (exact) mass is 245 g/mol. The van der Waals surface area contributed by atoms with Gasteiger partial charge in [-0.1, -0.05) is 0 Å². The van der Waals surface area contributed by atoms with Crippen LogP contribution >= 0.6 is 0 Å². The van der Waals surface area contributed by atoms with Gasteiger partial charge in [0.2, 0.25) is 5.91 Å². The third-order valence-electron chi connectivity index (χ3n) is 3.13. The molecule has 1 aromatic rings. The molecule has 1 aliphatic rings. The summed E-state index contributed by atoms with van der Waals surface area (Å²) in [4.78, 5) is 11.6. The van der Waals surface area contributed by atoms with E-state index in [0.717, 1.165) is 35.3 Å². The quantitative estimate of drug-likeness (QED) is 0.828. The molecular weight excluding hydrogens is 226 g/mol. The van der Waals surface area contributed by atoms with Crippen LogP contribution in [0.5, 0.6) is 5.75 Å². The van der Waals surface area contributed by atoms with E-state index in [1.807, 2.05) is 32.1 Å². The molecule has 1 aromatic carbocycles. The van der Waals surface area contributed by atoms with Crippen molar-refractivity contribution in [1.82, 2.24) is 5.32 Å². The third kappa shape index (κ3) is 3.13. The number of nitrogens with one attached hydrogen (secondary N) is 1. The molecule has 1 fully saturated rings. The van der Waals surface area contributed by atoms with Gasteiger partial charge in [-0.05, 0) is 61.6 Å². The van der Waals surface area contributed by atoms with Crippen LogP contribution in [-0.4, -0.2) is 19.1 Å². The van der Waals surface area contributed by atoms with Gasteiger partial charge in [0.25, 0.3) is 0 Å². The molecule has 2 rings (SSSR count). The van der Waals surface area contributed by atoms with E-state index in [1.165, 1.54) is 0 Å². The highest BCUT2D eigenvalue weighted by Crippen LogP contribution is 2.23. The first-order valence-electron chi connectivity index (χ1n) is 6.24. The summed E-state index contributed by atoms with van der Waals surface area (Å²) in [5, 5.41) is 2.94. The average molecular weight is 245 g/mol. The van der Waals surface area contributed by atoms with E-state index < -0.39 is 0 Å². The number of ether oxygens (including phenoxy) is 1. The predicted octanol–water partition coefficient (Wildman–Crippen LogP) is 2.60. The highest BCUT2D eigenvalue weighted by atomic mass is 16.5. The van der Waals surface area contributed by atoms with Crippen LogP contribution in [0.3, 0.4) is 0 Å². The Morgan fingerprint density at radius 2 is 1.94 bits per heavy atom. The summed E-state index contributed by atoms with van der Waals surface area (Å²) in [6, 6.07) is 4.36. The number of aryl methyl sites for hydroxylation is 2. The van der Waals surface area contributed by atoms with E-state index in [0.29, 0.717) is 6.04 Å². The number of methoxy groups -OCH3 is 1. The molecule has 1 amide bonds. The largest absolute Gasteiger partial charge is 0.497 e. The lowest BCUT2D eigenvalue weighted by Crippen LogP contribution is -2.22. The van der Waals surface area contributed by atoms with Crippen molar-refractivity contribution in [2.24, 2.45) is 0 Å². The minimum absolute atomic E-state index is 0.00730. The first-order chi connectivity index (χ1) is 8.60. The Kier molecular flexibility index (Phi) is 3.70. The van der Waals surface area contributed by atoms with Crippen molar-refractivity contribution in [2.75, 3.05) is 7.11 Å². The normalized spacial score (nSPS) is 14.8. The number of rotatable bonds is 4. The van der Waals surface area contributed by atoms with Gasteiger partial charge in [-0.25, -0.2) is 0 Å². The van der Waals surface area contributed by atoms with Crippen molar-refractivity contribution in [3.8, 4) is 5.75 Å². The van der Waals surface area contributed by atoms with Crippen molar-refractivity contribution >= 4 is 12.0 Å². The summed E-state index contributed by atoms with van der Waals surface area (Å²) in [6.07, 6.45) is 5.71. The maximum atomic E-state index is 11.6. The number of carbonyl (C=O) groups excluding carboxylic acids is 1. The van der Waals surface area contributed by atoms with Crippen LogP contribution in [0.15, 0.2) is 18.2 Å². The van der Waals surface area contributed by atoms with Gasteiger partial charge in [0.15, 0.2) is 0 Å². The van der Waals surface area contributed by atoms with Crippen molar-refractivity contribution in [1.29, 1.82) is 0 Å². The number of hydrogen-bond acceptors (Lipinski definition) is 2. The zero-order chi connectivity index (χ0) is 13.1. The molecule has 96 valence electrons. The van der Waals surface area contributed by atoms with Gasteiger partial charge in [0, 0.05) is 12.1 Å². The Balaban J connectivity index is 2.12. The first-order valence-corrected chi connectivity index (χ1v) is 6.24. The Labute approximate surface area is 108 Å². The molecule has 1 N–H and O–H groups in total. The van der Waals surface area contributed by atoms with Crippen molar-refractivity contribution in [3.05, 3.63) is 34.9 Å². The summed E-state index contributed by atoms with van der Waals surface area (Å²) in [7, 11) is 1.66. The van der Waals surface area contributed by atoms with Crippen LogP contribution < -0.4 is 10.1 Å². The highest BCUT2D eigenvalue weighted by Gasteiger charge is 2.22. The maximum Gasteiger partial charge on any atom is 0.244 e. The van der Waals surface area contributed by atoms with Crippen LogP contribution in [-0.2, 0) is 4.79 Å². The molecule has 1 aliphatic carbocycles. The Morgan fingerprint density at radius 1 is 1.33 bits per heavy atom. The number of carbonyl (C=O) groups is 1. The zero-order valence-corrected chi connectivity index (χ0v) is 11.1. The zero-order valence-electron chi connectivity index (χ0n) is 11.1. The molecule has 0 unspecified atom stereocenters. The number of benzene rings is 1. The Hall–Kier alpha value is -1.77. The predicted molar refractivity (Wildman–Crippen MR) is 72.7 cm³/mol. The van der Waals surface area contributed by atoms with E-state index >= 15 is 0 Å². The Morgan fingerprint density at radius 3 is 2.44 bits per heavy atom. The van der Waals surface area contributed by atoms with Gasteiger partial charge in [-0.15, -0.1) is 0 Å². The lowest BCUT2D eigenvalue weighted by Gasteiger charge is -2.08. The van der Waals surface area contributed by atoms with Crippen LogP contribution in [0.1, 0.15) is 29.5 Å². The molecule has 0 saturated heterocycles. The van der Waals surface area contributed by atoms with E-state index in [-0.39, 0.29) is 5.91 Å². The second-order valence-electron chi connectivity index (χ2n) is 4.79. The van der Waals surface area contributed by atoms with Crippen LogP contribution in [0.25, 0.3) is 6.08 Å². The van der Waals surface area contributed by atoms with Crippen LogP contribution in [0.4, 0.5) is 0 Å². The molecule has 0 radical (unpaired) electrons. The molecule has 0 spiro atoms. The molecule has 0 heterocycles. The van der Waals surface area contributed by atoms with E-state index in [4.69, 9.17) is 4.74 Å². The fourth-order valence-corrected chi connectivity index (χ4v) is 1.95. The van der Waals surface area contributed by atoms with Gasteiger partial charge < -0.3 is 10.1 Å². The molecule has 18 heavy (non-hydrogen) atoms. The lowest BCUT2D eigenvalue weighted by molar-refractivity contribution is -0.116. The van der Waals surface area contributed by atoms with E-state index in [1.54, 1.807) is 13.2 Å². The summed E-state index contributed by atoms with van der Waals surface area (Å²) in [5.74, 6) is 0.844. The number of hydrogen-bond donors (Lipinski definition) is 1. The molecule has 0 aromatic heterocycles. The third-order valence-corrected chi connectivity index (χ3v) is 3.13. The van der Waals surface area contributed by atoms with Crippen LogP contribution in [0.2, 0.25) is 0 Å². The molecule has 1 saturated carbocycles. The maximum absolute atomic E-state index is 11.6. The van der Waals surface area contributed by atoms with Crippen molar-refractivity contribution in [2.45, 2.75) is 32.7 Å². The second kappa shape index (κ2) is 5.25. The molecule has 0 bridgehead atoms. The van der Waals surface area contributed by atoms with Crippen molar-refractivity contribution in [3.63, 3.8) is 0 Å². The van der Waals surface area contributed by atoms with Gasteiger partial charge in [-0.3, -0.25) is 4.79 Å². The van der Waals surface area contributed by atoms with Gasteiger partial charge >= 0.3 is 0 Å². The van der Waals surface area contributed by atoms with Gasteiger partial charge in [0.05, 0.1) is 7.11 Å². The van der Waals surface area contributed by atoms with Crippen LogP contribution in [0, 0.1) is 13.8 Å². The SMILES string of the molecule is COc1cc(C)c(/C=C/C(=O)NC2CC2)c(C)c1. The molecule has 0 aliphatic heterocycles. The lowest BCUT2D eigenvalue weighted by atomic mass is 10.0. The van der Waals surface area contributed by atoms with Gasteiger partial charge in [0.1, 0.15) is 5.75 Å². The standard InChI is InChI=1S/C15H19NO2/c1-10-8-13(18-3)9-11(2)14(10)6-7-15(17)16-12-4-5-12/h6-9,12H,4-5H2,1-3H3,(H,16,17)/b7-6+. The summed E-state index contributed by atoms with van der Waals surface area (Å²) in [6.45, 7) is 4.04. The summed E-state index contributed by atoms with van der Waals surface area (Å²) < 4.78 is 5.21. The minimum atomic E-state index is -0.00730. The molecule has 0 atom stereocenters. The van der Waals surface area contributed by atoms with E-state index in [2.05, 4.69) is 5.32 Å². The highest BCUT2D eigenvalue weighted by molar-refractivity contribution is 5.92. The number of amides is 1. The first kappa shape index (κ1) is 12.7. The summed E-state index contributed by atoms with van der Waals surface area (Å²) >= 11 is 0. The summed E-state index contributed by atoms with van der Waals surface area (Å²) in [5.41, 5.74) is 3.31. The average Bonchev–Trinajstić information content (AvgIpc) is 3.11. The van der Waals surface area contributed by atoms with E-state index in [9.17, 15) is 4.79 Å².